The zero-order valence-electron chi connectivity index (χ0n) is 18.3. The van der Waals surface area contributed by atoms with E-state index < -0.39 is 0 Å². The molecule has 0 bridgehead atoms. The van der Waals surface area contributed by atoms with Gasteiger partial charge in [-0.2, -0.15) is 0 Å². The SMILES string of the molecule is COc1cccc(Cn2c(C(=O)N3CCN(c4ncccn4)CC3)cc3cc(Cl)ccc32)c1. The van der Waals surface area contributed by atoms with Gasteiger partial charge in [0, 0.05) is 61.0 Å². The maximum Gasteiger partial charge on any atom is 0.270 e. The van der Waals surface area contributed by atoms with E-state index >= 15 is 0 Å². The highest BCUT2D eigenvalue weighted by Gasteiger charge is 2.26. The second-order valence-electron chi connectivity index (χ2n) is 8.00. The molecule has 8 heteroatoms. The van der Waals surface area contributed by atoms with E-state index in [9.17, 15) is 4.79 Å². The van der Waals surface area contributed by atoms with E-state index in [1.165, 1.54) is 0 Å². The number of carbonyl (C=O) groups excluding carboxylic acids is 1. The molecule has 2 aromatic carbocycles. The third-order valence-corrected chi connectivity index (χ3v) is 6.19. The Morgan fingerprint density at radius 2 is 1.79 bits per heavy atom. The van der Waals surface area contributed by atoms with E-state index in [1.807, 2.05) is 53.4 Å². The predicted octanol–water partition coefficient (Wildman–Crippen LogP) is 4.10. The summed E-state index contributed by atoms with van der Waals surface area (Å²) in [4.78, 5) is 26.3. The maximum atomic E-state index is 13.6. The van der Waals surface area contributed by atoms with Gasteiger partial charge in [0.15, 0.2) is 0 Å². The van der Waals surface area contributed by atoms with Crippen LogP contribution < -0.4 is 9.64 Å². The predicted molar refractivity (Wildman–Crippen MR) is 129 cm³/mol. The summed E-state index contributed by atoms with van der Waals surface area (Å²) in [5.74, 6) is 1.50. The van der Waals surface area contributed by atoms with E-state index in [-0.39, 0.29) is 5.91 Å². The van der Waals surface area contributed by atoms with Crippen molar-refractivity contribution in [1.29, 1.82) is 0 Å². The van der Waals surface area contributed by atoms with Crippen LogP contribution in [0.4, 0.5) is 5.95 Å². The Balaban J connectivity index is 1.43. The van der Waals surface area contributed by atoms with Crippen LogP contribution in [0.25, 0.3) is 10.9 Å². The van der Waals surface area contributed by atoms with Gasteiger partial charge in [-0.3, -0.25) is 4.79 Å². The minimum Gasteiger partial charge on any atom is -0.497 e. The second kappa shape index (κ2) is 9.11. The first kappa shape index (κ1) is 21.3. The summed E-state index contributed by atoms with van der Waals surface area (Å²) < 4.78 is 7.44. The first-order chi connectivity index (χ1) is 16.1. The summed E-state index contributed by atoms with van der Waals surface area (Å²) in [6, 6.07) is 17.4. The van der Waals surface area contributed by atoms with E-state index in [1.54, 1.807) is 25.6 Å². The lowest BCUT2D eigenvalue weighted by Gasteiger charge is -2.34. The number of halogens is 1. The molecule has 0 saturated carbocycles. The smallest absolute Gasteiger partial charge is 0.270 e. The number of benzene rings is 2. The molecular formula is C25H24ClN5O2. The lowest BCUT2D eigenvalue weighted by molar-refractivity contribution is 0.0736. The van der Waals surface area contributed by atoms with Crippen molar-refractivity contribution in [2.24, 2.45) is 0 Å². The first-order valence-corrected chi connectivity index (χ1v) is 11.2. The molecule has 0 spiro atoms. The zero-order chi connectivity index (χ0) is 22.8. The highest BCUT2D eigenvalue weighted by molar-refractivity contribution is 6.31. The van der Waals surface area contributed by atoms with Gasteiger partial charge in [0.2, 0.25) is 5.95 Å². The Morgan fingerprint density at radius 1 is 1.00 bits per heavy atom. The van der Waals surface area contributed by atoms with Crippen molar-refractivity contribution in [2.45, 2.75) is 6.54 Å². The van der Waals surface area contributed by atoms with Gasteiger partial charge in [-0.15, -0.1) is 0 Å². The molecule has 3 heterocycles. The van der Waals surface area contributed by atoms with Crippen molar-refractivity contribution in [3.05, 3.63) is 83.3 Å². The molecule has 0 N–H and O–H groups in total. The van der Waals surface area contributed by atoms with Gasteiger partial charge < -0.3 is 19.1 Å². The fraction of sp³-hybridized carbons (Fsp3) is 0.240. The minimum absolute atomic E-state index is 0.0128. The van der Waals surface area contributed by atoms with Crippen LogP contribution in [0.1, 0.15) is 16.1 Å². The Morgan fingerprint density at radius 3 is 2.55 bits per heavy atom. The Bertz CT molecular complexity index is 1280. The summed E-state index contributed by atoms with van der Waals surface area (Å²) in [6.07, 6.45) is 3.48. The van der Waals surface area contributed by atoms with Crippen molar-refractivity contribution < 1.29 is 9.53 Å². The fourth-order valence-corrected chi connectivity index (χ4v) is 4.45. The molecule has 0 unspecified atom stereocenters. The number of nitrogens with zero attached hydrogens (tertiary/aromatic N) is 5. The summed E-state index contributed by atoms with van der Waals surface area (Å²) in [6.45, 7) is 3.16. The molecule has 4 aromatic rings. The van der Waals surface area contributed by atoms with Crippen LogP contribution in [0, 0.1) is 0 Å². The first-order valence-electron chi connectivity index (χ1n) is 10.9. The molecule has 1 amide bonds. The number of methoxy groups -OCH3 is 1. The van der Waals surface area contributed by atoms with Crippen LogP contribution >= 0.6 is 11.6 Å². The topological polar surface area (TPSA) is 63.5 Å². The van der Waals surface area contributed by atoms with Crippen molar-refractivity contribution in [3.63, 3.8) is 0 Å². The van der Waals surface area contributed by atoms with Crippen LogP contribution in [0.15, 0.2) is 67.0 Å². The van der Waals surface area contributed by atoms with Crippen LogP contribution in [-0.4, -0.2) is 58.6 Å². The lowest BCUT2D eigenvalue weighted by atomic mass is 10.2. The summed E-state index contributed by atoms with van der Waals surface area (Å²) in [7, 11) is 1.65. The molecule has 5 rings (SSSR count). The molecule has 1 saturated heterocycles. The number of anilines is 1. The summed E-state index contributed by atoms with van der Waals surface area (Å²) >= 11 is 6.24. The average molecular weight is 462 g/mol. The number of fused-ring (bicyclic) bond motifs is 1. The van der Waals surface area contributed by atoms with Gasteiger partial charge in [0.25, 0.3) is 5.91 Å². The third-order valence-electron chi connectivity index (χ3n) is 5.96. The Hall–Kier alpha value is -3.58. The molecule has 7 nitrogen and oxygen atoms in total. The third kappa shape index (κ3) is 4.36. The Labute approximate surface area is 197 Å². The second-order valence-corrected chi connectivity index (χ2v) is 8.43. The molecule has 33 heavy (non-hydrogen) atoms. The highest BCUT2D eigenvalue weighted by Crippen LogP contribution is 2.27. The average Bonchev–Trinajstić information content (AvgIpc) is 3.21. The summed E-state index contributed by atoms with van der Waals surface area (Å²) in [5.41, 5.74) is 2.68. The van der Waals surface area contributed by atoms with E-state index in [2.05, 4.69) is 19.4 Å². The van der Waals surface area contributed by atoms with Crippen molar-refractivity contribution in [3.8, 4) is 5.75 Å². The monoisotopic (exact) mass is 461 g/mol. The van der Waals surface area contributed by atoms with Crippen LogP contribution in [-0.2, 0) is 6.54 Å². The number of piperazine rings is 1. The molecular weight excluding hydrogens is 438 g/mol. The number of hydrogen-bond acceptors (Lipinski definition) is 5. The maximum absolute atomic E-state index is 13.6. The number of hydrogen-bond donors (Lipinski definition) is 0. The molecule has 1 fully saturated rings. The normalized spacial score (nSPS) is 14.0. The van der Waals surface area contributed by atoms with Crippen molar-refractivity contribution in [2.75, 3.05) is 38.2 Å². The van der Waals surface area contributed by atoms with Gasteiger partial charge in [-0.25, -0.2) is 9.97 Å². The quantitative estimate of drug-likeness (QED) is 0.447. The van der Waals surface area contributed by atoms with Crippen LogP contribution in [0.3, 0.4) is 0 Å². The van der Waals surface area contributed by atoms with E-state index in [0.29, 0.717) is 49.4 Å². The van der Waals surface area contributed by atoms with Crippen molar-refractivity contribution >= 4 is 34.4 Å². The van der Waals surface area contributed by atoms with E-state index in [4.69, 9.17) is 16.3 Å². The highest BCUT2D eigenvalue weighted by atomic mass is 35.5. The fourth-order valence-electron chi connectivity index (χ4n) is 4.27. The number of ether oxygens (including phenoxy) is 1. The number of amides is 1. The molecule has 168 valence electrons. The van der Waals surface area contributed by atoms with Gasteiger partial charge in [0.1, 0.15) is 11.4 Å². The number of rotatable bonds is 5. The number of carbonyl (C=O) groups is 1. The molecule has 0 aliphatic carbocycles. The van der Waals surface area contributed by atoms with Gasteiger partial charge in [0.05, 0.1) is 7.11 Å². The largest absolute Gasteiger partial charge is 0.497 e. The Kier molecular flexibility index (Phi) is 5.88. The van der Waals surface area contributed by atoms with Gasteiger partial charge in [-0.1, -0.05) is 23.7 Å². The standard InChI is InChI=1S/C25H24ClN5O2/c1-33-21-5-2-4-18(14-21)17-31-22-7-6-20(26)15-19(22)16-23(31)24(32)29-10-12-30(13-11-29)25-27-8-3-9-28-25/h2-9,14-16H,10-13,17H2,1H3. The van der Waals surface area contributed by atoms with Gasteiger partial charge >= 0.3 is 0 Å². The minimum atomic E-state index is 0.0128. The van der Waals surface area contributed by atoms with Crippen LogP contribution in [0.5, 0.6) is 5.75 Å². The van der Waals surface area contributed by atoms with Crippen LogP contribution in [0.2, 0.25) is 5.02 Å². The number of aromatic nitrogens is 3. The lowest BCUT2D eigenvalue weighted by Crippen LogP contribution is -2.49. The molecule has 2 aromatic heterocycles. The zero-order valence-corrected chi connectivity index (χ0v) is 19.1. The van der Waals surface area contributed by atoms with Gasteiger partial charge in [-0.05, 0) is 48.0 Å². The van der Waals surface area contributed by atoms with Crippen molar-refractivity contribution in [1.82, 2.24) is 19.4 Å². The summed E-state index contributed by atoms with van der Waals surface area (Å²) in [5, 5.41) is 1.60. The molecule has 1 aliphatic heterocycles. The molecule has 0 atom stereocenters. The molecule has 0 radical (unpaired) electrons. The molecule has 1 aliphatic rings. The van der Waals surface area contributed by atoms with E-state index in [0.717, 1.165) is 22.2 Å².